The third-order valence-corrected chi connectivity index (χ3v) is 3.25. The summed E-state index contributed by atoms with van der Waals surface area (Å²) in [7, 11) is 0. The van der Waals surface area contributed by atoms with E-state index in [-0.39, 0.29) is 5.92 Å². The van der Waals surface area contributed by atoms with Crippen molar-refractivity contribution in [2.45, 2.75) is 19.8 Å². The fraction of sp³-hybridized carbons (Fsp3) is 0.909. The number of hydrogen-bond donors (Lipinski definition) is 0. The van der Waals surface area contributed by atoms with Crippen LogP contribution in [-0.2, 0) is 9.53 Å². The molecule has 2 heterocycles. The van der Waals surface area contributed by atoms with Crippen LogP contribution in [0.4, 0.5) is 0 Å². The molecule has 2 fully saturated rings. The van der Waals surface area contributed by atoms with E-state index in [9.17, 15) is 4.79 Å². The van der Waals surface area contributed by atoms with E-state index in [1.165, 1.54) is 6.42 Å². The largest absolute Gasteiger partial charge is 0.380 e. The smallest absolute Gasteiger partial charge is 0.141 e. The quantitative estimate of drug-likeness (QED) is 0.659. The standard InChI is InChI=1S/C11H19NO2/c1-9-2-4-12(6-9)7-10-8-14-5-3-11(10)13/h9-10H,2-8H2,1H3. The Kier molecular flexibility index (Phi) is 3.19. The Labute approximate surface area is 85.4 Å². The number of nitrogens with zero attached hydrogens (tertiary/aromatic N) is 1. The van der Waals surface area contributed by atoms with Gasteiger partial charge in [-0.15, -0.1) is 0 Å². The minimum absolute atomic E-state index is 0.147. The SMILES string of the molecule is CC1CCN(CC2COCCC2=O)C1. The predicted molar refractivity (Wildman–Crippen MR) is 54.2 cm³/mol. The van der Waals surface area contributed by atoms with Crippen LogP contribution in [0, 0.1) is 11.8 Å². The number of hydrogen-bond acceptors (Lipinski definition) is 3. The highest BCUT2D eigenvalue weighted by molar-refractivity contribution is 5.82. The molecule has 2 aliphatic heterocycles. The third kappa shape index (κ3) is 2.34. The van der Waals surface area contributed by atoms with Crippen LogP contribution in [0.15, 0.2) is 0 Å². The lowest BCUT2D eigenvalue weighted by molar-refractivity contribution is -0.131. The van der Waals surface area contributed by atoms with Gasteiger partial charge in [-0.05, 0) is 18.9 Å². The van der Waals surface area contributed by atoms with E-state index in [1.54, 1.807) is 0 Å². The Morgan fingerprint density at radius 3 is 3.07 bits per heavy atom. The van der Waals surface area contributed by atoms with Crippen LogP contribution in [-0.4, -0.2) is 43.5 Å². The van der Waals surface area contributed by atoms with Crippen molar-refractivity contribution >= 4 is 5.78 Å². The van der Waals surface area contributed by atoms with Crippen LogP contribution >= 0.6 is 0 Å². The molecule has 2 atom stereocenters. The summed E-state index contributed by atoms with van der Waals surface area (Å²) in [6, 6.07) is 0. The molecule has 0 aromatic rings. The van der Waals surface area contributed by atoms with Crippen LogP contribution in [0.2, 0.25) is 0 Å². The first kappa shape index (κ1) is 10.1. The van der Waals surface area contributed by atoms with E-state index >= 15 is 0 Å². The van der Waals surface area contributed by atoms with Crippen LogP contribution in [0.5, 0.6) is 0 Å². The Morgan fingerprint density at radius 1 is 1.57 bits per heavy atom. The number of Topliss-reactive ketones (excluding diaryl/α,β-unsaturated/α-hetero) is 1. The molecule has 0 saturated carbocycles. The van der Waals surface area contributed by atoms with Crippen molar-refractivity contribution in [1.29, 1.82) is 0 Å². The van der Waals surface area contributed by atoms with E-state index in [0.29, 0.717) is 25.4 Å². The van der Waals surface area contributed by atoms with E-state index in [4.69, 9.17) is 4.74 Å². The summed E-state index contributed by atoms with van der Waals surface area (Å²) in [4.78, 5) is 14.0. The molecule has 2 aliphatic rings. The van der Waals surface area contributed by atoms with Gasteiger partial charge in [-0.2, -0.15) is 0 Å². The molecule has 0 aromatic heterocycles. The van der Waals surface area contributed by atoms with E-state index < -0.39 is 0 Å². The van der Waals surface area contributed by atoms with Gasteiger partial charge in [0, 0.05) is 19.5 Å². The third-order valence-electron chi connectivity index (χ3n) is 3.25. The lowest BCUT2D eigenvalue weighted by atomic mass is 10.0. The van der Waals surface area contributed by atoms with Crippen LogP contribution in [0.25, 0.3) is 0 Å². The molecular formula is C11H19NO2. The number of carbonyl (C=O) groups excluding carboxylic acids is 1. The number of rotatable bonds is 2. The lowest BCUT2D eigenvalue weighted by Gasteiger charge is -2.25. The van der Waals surface area contributed by atoms with Gasteiger partial charge < -0.3 is 9.64 Å². The second-order valence-electron chi connectivity index (χ2n) is 4.64. The minimum atomic E-state index is 0.147. The molecule has 0 bridgehead atoms. The van der Waals surface area contributed by atoms with Gasteiger partial charge in [0.1, 0.15) is 5.78 Å². The maximum Gasteiger partial charge on any atom is 0.141 e. The lowest BCUT2D eigenvalue weighted by Crippen LogP contribution is -2.37. The molecule has 0 aromatic carbocycles. The van der Waals surface area contributed by atoms with Gasteiger partial charge in [0.2, 0.25) is 0 Å². The molecule has 80 valence electrons. The van der Waals surface area contributed by atoms with Crippen LogP contribution < -0.4 is 0 Å². The first-order chi connectivity index (χ1) is 6.75. The Balaban J connectivity index is 1.81. The molecule has 3 nitrogen and oxygen atoms in total. The molecular weight excluding hydrogens is 178 g/mol. The fourth-order valence-corrected chi connectivity index (χ4v) is 2.35. The first-order valence-corrected chi connectivity index (χ1v) is 5.58. The average Bonchev–Trinajstić information content (AvgIpc) is 2.56. The molecule has 2 unspecified atom stereocenters. The fourth-order valence-electron chi connectivity index (χ4n) is 2.35. The molecule has 2 rings (SSSR count). The maximum absolute atomic E-state index is 11.6. The van der Waals surface area contributed by atoms with E-state index in [0.717, 1.165) is 25.6 Å². The Hall–Kier alpha value is -0.410. The van der Waals surface area contributed by atoms with Crippen molar-refractivity contribution in [3.05, 3.63) is 0 Å². The van der Waals surface area contributed by atoms with Crippen molar-refractivity contribution in [3.8, 4) is 0 Å². The summed E-state index contributed by atoms with van der Waals surface area (Å²) in [5.41, 5.74) is 0. The first-order valence-electron chi connectivity index (χ1n) is 5.58. The maximum atomic E-state index is 11.6. The van der Waals surface area contributed by atoms with Crippen LogP contribution in [0.1, 0.15) is 19.8 Å². The van der Waals surface area contributed by atoms with E-state index in [1.807, 2.05) is 0 Å². The second-order valence-corrected chi connectivity index (χ2v) is 4.64. The summed E-state index contributed by atoms with van der Waals surface area (Å²) >= 11 is 0. The zero-order valence-electron chi connectivity index (χ0n) is 8.87. The van der Waals surface area contributed by atoms with Gasteiger partial charge in [0.15, 0.2) is 0 Å². The molecule has 0 amide bonds. The highest BCUT2D eigenvalue weighted by Crippen LogP contribution is 2.18. The average molecular weight is 197 g/mol. The number of ketones is 1. The molecule has 0 aliphatic carbocycles. The normalized spacial score (nSPS) is 35.1. The summed E-state index contributed by atoms with van der Waals surface area (Å²) in [6.45, 7) is 6.78. The molecule has 0 N–H and O–H groups in total. The number of ether oxygens (including phenoxy) is 1. The molecule has 14 heavy (non-hydrogen) atoms. The van der Waals surface area contributed by atoms with E-state index in [2.05, 4.69) is 11.8 Å². The van der Waals surface area contributed by atoms with Crippen LogP contribution in [0.3, 0.4) is 0 Å². The zero-order chi connectivity index (χ0) is 9.97. The molecule has 3 heteroatoms. The van der Waals surface area contributed by atoms with Gasteiger partial charge >= 0.3 is 0 Å². The second kappa shape index (κ2) is 4.41. The van der Waals surface area contributed by atoms with Crippen molar-refractivity contribution in [2.75, 3.05) is 32.8 Å². The highest BCUT2D eigenvalue weighted by Gasteiger charge is 2.27. The van der Waals surface area contributed by atoms with Gasteiger partial charge in [-0.25, -0.2) is 0 Å². The molecule has 0 spiro atoms. The number of carbonyl (C=O) groups is 1. The summed E-state index contributed by atoms with van der Waals surface area (Å²) < 4.78 is 5.34. The van der Waals surface area contributed by atoms with Gasteiger partial charge in [-0.1, -0.05) is 6.92 Å². The Morgan fingerprint density at radius 2 is 2.43 bits per heavy atom. The molecule has 0 radical (unpaired) electrons. The summed E-state index contributed by atoms with van der Waals surface area (Å²) in [6.07, 6.45) is 1.90. The minimum Gasteiger partial charge on any atom is -0.380 e. The van der Waals surface area contributed by atoms with Gasteiger partial charge in [-0.3, -0.25) is 4.79 Å². The van der Waals surface area contributed by atoms with Gasteiger partial charge in [0.05, 0.1) is 19.1 Å². The predicted octanol–water partition coefficient (Wildman–Crippen LogP) is 0.934. The van der Waals surface area contributed by atoms with Crippen molar-refractivity contribution < 1.29 is 9.53 Å². The Bertz CT molecular complexity index is 217. The summed E-state index contributed by atoms with van der Waals surface area (Å²) in [5, 5.41) is 0. The monoisotopic (exact) mass is 197 g/mol. The highest BCUT2D eigenvalue weighted by atomic mass is 16.5. The van der Waals surface area contributed by atoms with Crippen molar-refractivity contribution in [3.63, 3.8) is 0 Å². The topological polar surface area (TPSA) is 29.5 Å². The summed E-state index contributed by atoms with van der Waals surface area (Å²) in [5.74, 6) is 1.35. The molecule has 2 saturated heterocycles. The van der Waals surface area contributed by atoms with Gasteiger partial charge in [0.25, 0.3) is 0 Å². The zero-order valence-corrected chi connectivity index (χ0v) is 8.87. The van der Waals surface area contributed by atoms with Crippen molar-refractivity contribution in [1.82, 2.24) is 4.90 Å². The number of likely N-dealkylation sites (tertiary alicyclic amines) is 1. The van der Waals surface area contributed by atoms with Crippen molar-refractivity contribution in [2.24, 2.45) is 11.8 Å².